The van der Waals surface area contributed by atoms with E-state index in [1.165, 1.54) is 0 Å². The average Bonchev–Trinajstić information content (AvgIpc) is 2.86. The van der Waals surface area contributed by atoms with Crippen LogP contribution in [0.1, 0.15) is 34.9 Å². The maximum absolute atomic E-state index is 10.7. The highest BCUT2D eigenvalue weighted by atomic mass is 35.5. The SMILES string of the molecule is CO[C@@]12C[C@@H](c3ccccc3)[C@@](C#N)(C(=N)O1)[C@H](c1ccc(Cl)cc1)/C2=C\c1ccccc1. The Balaban J connectivity index is 1.81. The van der Waals surface area contributed by atoms with E-state index in [0.717, 1.165) is 22.3 Å². The molecule has 2 saturated heterocycles. The summed E-state index contributed by atoms with van der Waals surface area (Å²) < 4.78 is 12.2. The third kappa shape index (κ3) is 3.28. The summed E-state index contributed by atoms with van der Waals surface area (Å²) in [4.78, 5) is 0. The van der Waals surface area contributed by atoms with Crippen LogP contribution >= 0.6 is 11.6 Å². The molecular weight excluding hydrogens is 432 g/mol. The number of hydrogen-bond acceptors (Lipinski definition) is 4. The van der Waals surface area contributed by atoms with E-state index in [1.54, 1.807) is 7.11 Å². The second-order valence-corrected chi connectivity index (χ2v) is 8.97. The molecule has 0 radical (unpaired) electrons. The van der Waals surface area contributed by atoms with Crippen LogP contribution in [0, 0.1) is 22.2 Å². The van der Waals surface area contributed by atoms with Crippen LogP contribution in [0.25, 0.3) is 6.08 Å². The Hall–Kier alpha value is -3.39. The predicted molar refractivity (Wildman–Crippen MR) is 129 cm³/mol. The Morgan fingerprint density at radius 2 is 1.64 bits per heavy atom. The summed E-state index contributed by atoms with van der Waals surface area (Å²) in [7, 11) is 1.61. The van der Waals surface area contributed by atoms with E-state index in [0.29, 0.717) is 11.4 Å². The van der Waals surface area contributed by atoms with Crippen LogP contribution in [0.3, 0.4) is 0 Å². The minimum absolute atomic E-state index is 0.0582. The minimum Gasteiger partial charge on any atom is -0.444 e. The fourth-order valence-corrected chi connectivity index (χ4v) is 5.50. The van der Waals surface area contributed by atoms with Crippen molar-refractivity contribution in [3.05, 3.63) is 112 Å². The fourth-order valence-electron chi connectivity index (χ4n) is 5.38. The predicted octanol–water partition coefficient (Wildman–Crippen LogP) is 6.55. The molecule has 164 valence electrons. The van der Waals surface area contributed by atoms with E-state index >= 15 is 0 Å². The molecule has 1 saturated carbocycles. The Labute approximate surface area is 198 Å². The lowest BCUT2D eigenvalue weighted by molar-refractivity contribution is -0.197. The van der Waals surface area contributed by atoms with Gasteiger partial charge in [-0.3, -0.25) is 5.41 Å². The van der Waals surface area contributed by atoms with Gasteiger partial charge in [0.25, 0.3) is 0 Å². The summed E-state index contributed by atoms with van der Waals surface area (Å²) in [5.74, 6) is -1.94. The molecule has 3 aromatic rings. The van der Waals surface area contributed by atoms with Crippen molar-refractivity contribution in [3.8, 4) is 6.07 Å². The van der Waals surface area contributed by atoms with Gasteiger partial charge in [0, 0.05) is 36.0 Å². The van der Waals surface area contributed by atoms with Crippen molar-refractivity contribution in [2.24, 2.45) is 5.41 Å². The number of hydrogen-bond donors (Lipinski definition) is 1. The van der Waals surface area contributed by atoms with E-state index in [1.807, 2.05) is 91.0 Å². The lowest BCUT2D eigenvalue weighted by Gasteiger charge is -2.58. The second kappa shape index (κ2) is 8.19. The molecule has 1 N–H and O–H groups in total. The van der Waals surface area contributed by atoms with E-state index in [2.05, 4.69) is 6.07 Å². The van der Waals surface area contributed by atoms with Gasteiger partial charge in [-0.05, 0) is 34.9 Å². The molecule has 0 unspecified atom stereocenters. The standard InChI is InChI=1S/C28H23ClN2O2/c1-32-28-17-24(20-10-6-3-7-11-20)27(18-30,26(31)33-28)25(21-12-14-22(29)15-13-21)23(28)16-19-8-4-2-5-9-19/h2-16,24-25,31H,17H2,1H3/b23-16+,31-26?/t24-,25+,27+,28-/m0/s1. The largest absolute Gasteiger partial charge is 0.444 e. The summed E-state index contributed by atoms with van der Waals surface area (Å²) in [6.45, 7) is 0. The summed E-state index contributed by atoms with van der Waals surface area (Å²) in [5, 5.41) is 20.3. The van der Waals surface area contributed by atoms with Gasteiger partial charge < -0.3 is 9.47 Å². The maximum Gasteiger partial charge on any atom is 0.236 e. The molecule has 4 nitrogen and oxygen atoms in total. The van der Waals surface area contributed by atoms with Gasteiger partial charge in [0.15, 0.2) is 5.41 Å². The van der Waals surface area contributed by atoms with Crippen LogP contribution in [-0.2, 0) is 9.47 Å². The highest BCUT2D eigenvalue weighted by molar-refractivity contribution is 6.30. The number of nitrogens with zero attached hydrogens (tertiary/aromatic N) is 1. The highest BCUT2D eigenvalue weighted by Gasteiger charge is 2.69. The molecule has 5 heteroatoms. The Morgan fingerprint density at radius 3 is 2.24 bits per heavy atom. The van der Waals surface area contributed by atoms with Crippen LogP contribution in [0.5, 0.6) is 0 Å². The first-order valence-corrected chi connectivity index (χ1v) is 11.2. The normalized spacial score (nSPS) is 29.5. The molecule has 4 atom stereocenters. The zero-order valence-corrected chi connectivity index (χ0v) is 18.9. The minimum atomic E-state index is -1.23. The molecule has 3 aromatic carbocycles. The van der Waals surface area contributed by atoms with Crippen LogP contribution in [0.4, 0.5) is 0 Å². The number of nitrogens with one attached hydrogen (secondary N) is 1. The van der Waals surface area contributed by atoms with Crippen molar-refractivity contribution in [1.82, 2.24) is 0 Å². The topological polar surface area (TPSA) is 66.1 Å². The van der Waals surface area contributed by atoms with E-state index in [-0.39, 0.29) is 11.8 Å². The third-order valence-electron chi connectivity index (χ3n) is 6.91. The lowest BCUT2D eigenvalue weighted by Crippen LogP contribution is -2.63. The number of nitriles is 1. The van der Waals surface area contributed by atoms with Gasteiger partial charge in [-0.25, -0.2) is 0 Å². The first kappa shape index (κ1) is 21.5. The smallest absolute Gasteiger partial charge is 0.236 e. The Morgan fingerprint density at radius 1 is 1.00 bits per heavy atom. The zero-order valence-electron chi connectivity index (χ0n) is 18.2. The van der Waals surface area contributed by atoms with Crippen LogP contribution in [0.15, 0.2) is 90.5 Å². The molecule has 33 heavy (non-hydrogen) atoms. The first-order chi connectivity index (χ1) is 16.0. The number of halogens is 1. The molecular formula is C28H23ClN2O2. The molecule has 1 aliphatic carbocycles. The van der Waals surface area contributed by atoms with Crippen molar-refractivity contribution in [2.45, 2.75) is 24.0 Å². The van der Waals surface area contributed by atoms with Crippen LogP contribution < -0.4 is 0 Å². The van der Waals surface area contributed by atoms with Crippen LogP contribution in [-0.4, -0.2) is 18.8 Å². The van der Waals surface area contributed by atoms with Gasteiger partial charge in [-0.15, -0.1) is 0 Å². The lowest BCUT2D eigenvalue weighted by atomic mass is 9.51. The molecule has 2 bridgehead atoms. The van der Waals surface area contributed by atoms with Crippen molar-refractivity contribution in [2.75, 3.05) is 7.11 Å². The van der Waals surface area contributed by atoms with Gasteiger partial charge in [-0.2, -0.15) is 5.26 Å². The zero-order chi connectivity index (χ0) is 23.1. The Bertz CT molecular complexity index is 1250. The molecule has 3 fully saturated rings. The number of fused-ring (bicyclic) bond motifs is 3. The number of rotatable bonds is 4. The quantitative estimate of drug-likeness (QED) is 0.485. The van der Waals surface area contributed by atoms with E-state index in [4.69, 9.17) is 26.5 Å². The van der Waals surface area contributed by atoms with Gasteiger partial charge in [-0.1, -0.05) is 84.4 Å². The second-order valence-electron chi connectivity index (χ2n) is 8.53. The summed E-state index contributed by atoms with van der Waals surface area (Å²) in [6, 6.07) is 29.9. The summed E-state index contributed by atoms with van der Waals surface area (Å²) in [6.07, 6.45) is 2.48. The van der Waals surface area contributed by atoms with Crippen LogP contribution in [0.2, 0.25) is 5.02 Å². The fraction of sp³-hybridized carbons (Fsp3) is 0.214. The Kier molecular flexibility index (Phi) is 5.32. The monoisotopic (exact) mass is 454 g/mol. The molecule has 0 spiro atoms. The van der Waals surface area contributed by atoms with Gasteiger partial charge in [0.2, 0.25) is 11.7 Å². The molecule has 0 amide bonds. The van der Waals surface area contributed by atoms with Gasteiger partial charge >= 0.3 is 0 Å². The van der Waals surface area contributed by atoms with E-state index < -0.39 is 17.1 Å². The number of ether oxygens (including phenoxy) is 2. The number of benzene rings is 3. The molecule has 2 aliphatic heterocycles. The maximum atomic E-state index is 10.7. The van der Waals surface area contributed by atoms with Gasteiger partial charge in [0.05, 0.1) is 6.07 Å². The first-order valence-electron chi connectivity index (χ1n) is 10.9. The average molecular weight is 455 g/mol. The molecule has 2 heterocycles. The van der Waals surface area contributed by atoms with Crippen molar-refractivity contribution < 1.29 is 9.47 Å². The molecule has 6 rings (SSSR count). The van der Waals surface area contributed by atoms with Gasteiger partial charge in [0.1, 0.15) is 0 Å². The van der Waals surface area contributed by atoms with E-state index in [9.17, 15) is 5.26 Å². The van der Waals surface area contributed by atoms with Crippen molar-refractivity contribution in [1.29, 1.82) is 10.7 Å². The molecule has 3 aliphatic rings. The highest BCUT2D eigenvalue weighted by Crippen LogP contribution is 2.66. The van der Waals surface area contributed by atoms with Crippen molar-refractivity contribution in [3.63, 3.8) is 0 Å². The number of methoxy groups -OCH3 is 1. The van der Waals surface area contributed by atoms with Crippen molar-refractivity contribution >= 4 is 23.6 Å². The third-order valence-corrected chi connectivity index (χ3v) is 7.17. The summed E-state index contributed by atoms with van der Waals surface area (Å²) in [5.41, 5.74) is 2.48. The molecule has 0 aromatic heterocycles. The summed E-state index contributed by atoms with van der Waals surface area (Å²) >= 11 is 6.20.